The van der Waals surface area contributed by atoms with Crippen molar-refractivity contribution in [3.63, 3.8) is 0 Å². The molecule has 0 amide bonds. The third-order valence-electron chi connectivity index (χ3n) is 3.59. The highest BCUT2D eigenvalue weighted by Crippen LogP contribution is 2.33. The number of rotatable bonds is 2. The molecule has 1 saturated heterocycles. The largest absolute Gasteiger partial charge is 0.353 e. The van der Waals surface area contributed by atoms with Crippen molar-refractivity contribution < 1.29 is 0 Å². The Bertz CT molecular complexity index is 576. The molecule has 1 aromatic carbocycles. The minimum atomic E-state index is 0.245. The van der Waals surface area contributed by atoms with Crippen LogP contribution in [0.1, 0.15) is 12.1 Å². The van der Waals surface area contributed by atoms with E-state index in [9.17, 15) is 0 Å². The summed E-state index contributed by atoms with van der Waals surface area (Å²) in [7, 11) is 0. The Balaban J connectivity index is 2.01. The van der Waals surface area contributed by atoms with Crippen molar-refractivity contribution in [2.45, 2.75) is 19.4 Å². The van der Waals surface area contributed by atoms with Crippen LogP contribution >= 0.6 is 11.6 Å². The first kappa shape index (κ1) is 12.5. The van der Waals surface area contributed by atoms with Crippen molar-refractivity contribution in [2.75, 3.05) is 18.0 Å². The molecule has 0 bridgehead atoms. The lowest BCUT2D eigenvalue weighted by Gasteiger charge is -2.17. The molecule has 0 spiro atoms. The van der Waals surface area contributed by atoms with Gasteiger partial charge in [-0.05, 0) is 31.0 Å². The van der Waals surface area contributed by atoms with Crippen LogP contribution in [0.2, 0.25) is 5.02 Å². The van der Waals surface area contributed by atoms with E-state index in [-0.39, 0.29) is 6.04 Å². The number of hydrogen-bond acceptors (Lipinski definition) is 3. The summed E-state index contributed by atoms with van der Waals surface area (Å²) in [5.74, 6) is 0.993. The molecule has 2 heterocycles. The number of hydrogen-bond donors (Lipinski definition) is 2. The fourth-order valence-electron chi connectivity index (χ4n) is 2.59. The summed E-state index contributed by atoms with van der Waals surface area (Å²) >= 11 is 5.95. The van der Waals surface area contributed by atoms with Gasteiger partial charge in [-0.25, -0.2) is 0 Å². The number of nitrogens with two attached hydrogens (primary N) is 1. The molecule has 1 aromatic heterocycles. The first-order valence-corrected chi connectivity index (χ1v) is 6.84. The van der Waals surface area contributed by atoms with E-state index in [4.69, 9.17) is 17.3 Å². The number of aromatic amines is 1. The Morgan fingerprint density at radius 1 is 1.37 bits per heavy atom. The molecule has 3 rings (SSSR count). The van der Waals surface area contributed by atoms with Gasteiger partial charge < -0.3 is 10.6 Å². The van der Waals surface area contributed by atoms with E-state index in [1.54, 1.807) is 0 Å². The van der Waals surface area contributed by atoms with Gasteiger partial charge in [0.05, 0.1) is 0 Å². The van der Waals surface area contributed by atoms with Crippen LogP contribution in [0.5, 0.6) is 0 Å². The van der Waals surface area contributed by atoms with Crippen LogP contribution in [0.3, 0.4) is 0 Å². The van der Waals surface area contributed by atoms with E-state index < -0.39 is 0 Å². The van der Waals surface area contributed by atoms with Gasteiger partial charge >= 0.3 is 0 Å². The molecule has 3 N–H and O–H groups in total. The third kappa shape index (κ3) is 2.33. The zero-order chi connectivity index (χ0) is 13.4. The van der Waals surface area contributed by atoms with Crippen LogP contribution in [0.25, 0.3) is 11.1 Å². The topological polar surface area (TPSA) is 57.9 Å². The van der Waals surface area contributed by atoms with E-state index >= 15 is 0 Å². The number of nitrogens with one attached hydrogen (secondary N) is 1. The number of benzene rings is 1. The Morgan fingerprint density at radius 2 is 2.11 bits per heavy atom. The highest BCUT2D eigenvalue weighted by Gasteiger charge is 2.25. The number of H-pyrrole nitrogens is 1. The molecular formula is C14H17ClN4. The molecule has 100 valence electrons. The molecule has 2 aromatic rings. The fraction of sp³-hybridized carbons (Fsp3) is 0.357. The Kier molecular flexibility index (Phi) is 3.21. The average molecular weight is 277 g/mol. The Morgan fingerprint density at radius 3 is 2.74 bits per heavy atom. The van der Waals surface area contributed by atoms with Crippen molar-refractivity contribution in [2.24, 2.45) is 5.73 Å². The number of anilines is 1. The van der Waals surface area contributed by atoms with Gasteiger partial charge in [0, 0.05) is 35.4 Å². The molecule has 19 heavy (non-hydrogen) atoms. The van der Waals surface area contributed by atoms with Gasteiger partial charge in [-0.3, -0.25) is 5.10 Å². The monoisotopic (exact) mass is 276 g/mol. The maximum Gasteiger partial charge on any atom is 0.158 e. The molecule has 0 radical (unpaired) electrons. The van der Waals surface area contributed by atoms with E-state index in [0.717, 1.165) is 47.2 Å². The van der Waals surface area contributed by atoms with Gasteiger partial charge in [-0.1, -0.05) is 23.7 Å². The van der Waals surface area contributed by atoms with Gasteiger partial charge in [-0.2, -0.15) is 5.10 Å². The van der Waals surface area contributed by atoms with E-state index in [1.807, 2.05) is 31.2 Å². The number of halogens is 1. The minimum Gasteiger partial charge on any atom is -0.353 e. The molecule has 1 aliphatic rings. The maximum atomic E-state index is 5.98. The van der Waals surface area contributed by atoms with E-state index in [2.05, 4.69) is 15.1 Å². The second-order valence-corrected chi connectivity index (χ2v) is 5.49. The van der Waals surface area contributed by atoms with Crippen molar-refractivity contribution in [3.8, 4) is 11.1 Å². The molecule has 4 nitrogen and oxygen atoms in total. The van der Waals surface area contributed by atoms with Crippen LogP contribution in [0.15, 0.2) is 24.3 Å². The summed E-state index contributed by atoms with van der Waals surface area (Å²) in [6.45, 7) is 3.87. The summed E-state index contributed by atoms with van der Waals surface area (Å²) in [5.41, 5.74) is 9.32. The smallest absolute Gasteiger partial charge is 0.158 e. The lowest BCUT2D eigenvalue weighted by molar-refractivity contribution is 0.751. The van der Waals surface area contributed by atoms with Gasteiger partial charge in [-0.15, -0.1) is 0 Å². The summed E-state index contributed by atoms with van der Waals surface area (Å²) in [6.07, 6.45) is 1.02. The maximum absolute atomic E-state index is 5.98. The van der Waals surface area contributed by atoms with Crippen LogP contribution in [-0.2, 0) is 0 Å². The van der Waals surface area contributed by atoms with Crippen LogP contribution in [0, 0.1) is 6.92 Å². The lowest BCUT2D eigenvalue weighted by Crippen LogP contribution is -2.26. The SMILES string of the molecule is Cc1[nH]nc(N2CCC(N)C2)c1-c1ccc(Cl)cc1. The molecular weight excluding hydrogens is 260 g/mol. The Labute approximate surface area is 117 Å². The van der Waals surface area contributed by atoms with Crippen molar-refractivity contribution in [3.05, 3.63) is 35.0 Å². The van der Waals surface area contributed by atoms with Crippen LogP contribution in [0.4, 0.5) is 5.82 Å². The van der Waals surface area contributed by atoms with Crippen LogP contribution < -0.4 is 10.6 Å². The standard InChI is InChI=1S/C14H17ClN4/c1-9-13(10-2-4-11(15)5-3-10)14(18-17-9)19-7-6-12(16)8-19/h2-5,12H,6-8,16H2,1H3,(H,17,18). The lowest BCUT2D eigenvalue weighted by atomic mass is 10.1. The summed E-state index contributed by atoms with van der Waals surface area (Å²) in [4.78, 5) is 2.25. The van der Waals surface area contributed by atoms with Crippen LogP contribution in [-0.4, -0.2) is 29.3 Å². The number of nitrogens with zero attached hydrogens (tertiary/aromatic N) is 2. The predicted octanol–water partition coefficient (Wildman–Crippen LogP) is 2.58. The molecule has 1 atom stereocenters. The molecule has 0 saturated carbocycles. The molecule has 1 unspecified atom stereocenters. The number of aryl methyl sites for hydroxylation is 1. The first-order valence-electron chi connectivity index (χ1n) is 6.46. The second-order valence-electron chi connectivity index (χ2n) is 5.05. The summed E-state index contributed by atoms with van der Waals surface area (Å²) in [5, 5.41) is 8.26. The quantitative estimate of drug-likeness (QED) is 0.886. The minimum absolute atomic E-state index is 0.245. The van der Waals surface area contributed by atoms with Crippen molar-refractivity contribution >= 4 is 17.4 Å². The molecule has 5 heteroatoms. The van der Waals surface area contributed by atoms with Gasteiger partial charge in [0.1, 0.15) is 0 Å². The Hall–Kier alpha value is -1.52. The van der Waals surface area contributed by atoms with Crippen molar-refractivity contribution in [1.82, 2.24) is 10.2 Å². The van der Waals surface area contributed by atoms with E-state index in [0.29, 0.717) is 0 Å². The normalized spacial score (nSPS) is 19.1. The first-order chi connectivity index (χ1) is 9.15. The highest BCUT2D eigenvalue weighted by molar-refractivity contribution is 6.30. The third-order valence-corrected chi connectivity index (χ3v) is 3.84. The van der Waals surface area contributed by atoms with Gasteiger partial charge in [0.25, 0.3) is 0 Å². The molecule has 1 fully saturated rings. The molecule has 0 aliphatic carbocycles. The van der Waals surface area contributed by atoms with Gasteiger partial charge in [0.2, 0.25) is 0 Å². The van der Waals surface area contributed by atoms with Gasteiger partial charge in [0.15, 0.2) is 5.82 Å². The highest BCUT2D eigenvalue weighted by atomic mass is 35.5. The zero-order valence-electron chi connectivity index (χ0n) is 10.9. The molecule has 1 aliphatic heterocycles. The fourth-order valence-corrected chi connectivity index (χ4v) is 2.71. The van der Waals surface area contributed by atoms with E-state index in [1.165, 1.54) is 0 Å². The number of aromatic nitrogens is 2. The summed E-state index contributed by atoms with van der Waals surface area (Å²) in [6, 6.07) is 8.11. The predicted molar refractivity (Wildman–Crippen MR) is 78.6 cm³/mol. The van der Waals surface area contributed by atoms with Crippen molar-refractivity contribution in [1.29, 1.82) is 0 Å². The average Bonchev–Trinajstić information content (AvgIpc) is 2.97. The summed E-state index contributed by atoms with van der Waals surface area (Å²) < 4.78 is 0. The second kappa shape index (κ2) is 4.87. The zero-order valence-corrected chi connectivity index (χ0v) is 11.6.